The molecule has 27 heavy (non-hydrogen) atoms. The monoisotopic (exact) mass is 376 g/mol. The average molecular weight is 376 g/mol. The first-order valence-electron chi connectivity index (χ1n) is 9.55. The molecule has 2 aliphatic heterocycles. The number of rotatable bonds is 4. The Morgan fingerprint density at radius 3 is 2.59 bits per heavy atom. The minimum absolute atomic E-state index is 0.00308. The Kier molecular flexibility index (Phi) is 5.53. The van der Waals surface area contributed by atoms with Crippen LogP contribution in [0.1, 0.15) is 37.3 Å². The van der Waals surface area contributed by atoms with Crippen LogP contribution in [-0.4, -0.2) is 76.3 Å². The number of piperazine rings is 1. The Bertz CT molecular complexity index is 723. The number of hydrogen-bond acceptors (Lipinski definition) is 5. The Morgan fingerprint density at radius 2 is 1.96 bits per heavy atom. The Balaban J connectivity index is 1.68. The molecule has 2 aliphatic rings. The lowest BCUT2D eigenvalue weighted by molar-refractivity contribution is -0.156. The predicted molar refractivity (Wildman–Crippen MR) is 97.8 cm³/mol. The normalized spacial score (nSPS) is 20.9. The van der Waals surface area contributed by atoms with Gasteiger partial charge in [-0.05, 0) is 26.2 Å². The van der Waals surface area contributed by atoms with Gasteiger partial charge in [-0.2, -0.15) is 0 Å². The summed E-state index contributed by atoms with van der Waals surface area (Å²) in [6, 6.07) is -0.457. The summed E-state index contributed by atoms with van der Waals surface area (Å²) in [5, 5.41) is 3.89. The molecule has 1 unspecified atom stereocenters. The third-order valence-corrected chi connectivity index (χ3v) is 5.35. The SMILES string of the molecule is Cc1noc(C)c1CC(=O)N1CCC2C(=O)N(CC(C)C)CC(=O)N2CC1. The van der Waals surface area contributed by atoms with Crippen molar-refractivity contribution in [3.8, 4) is 0 Å². The summed E-state index contributed by atoms with van der Waals surface area (Å²) in [6.07, 6.45) is 0.708. The highest BCUT2D eigenvalue weighted by molar-refractivity contribution is 5.95. The second kappa shape index (κ2) is 7.70. The second-order valence-corrected chi connectivity index (χ2v) is 7.86. The fourth-order valence-electron chi connectivity index (χ4n) is 3.89. The van der Waals surface area contributed by atoms with Crippen LogP contribution in [0.5, 0.6) is 0 Å². The fraction of sp³-hybridized carbons (Fsp3) is 0.684. The molecule has 3 heterocycles. The number of nitrogens with zero attached hydrogens (tertiary/aromatic N) is 4. The van der Waals surface area contributed by atoms with Gasteiger partial charge in [-0.3, -0.25) is 14.4 Å². The van der Waals surface area contributed by atoms with E-state index in [4.69, 9.17) is 4.52 Å². The van der Waals surface area contributed by atoms with E-state index in [1.54, 1.807) is 21.6 Å². The molecule has 0 spiro atoms. The fourth-order valence-corrected chi connectivity index (χ4v) is 3.89. The van der Waals surface area contributed by atoms with Crippen LogP contribution in [0, 0.1) is 19.8 Å². The van der Waals surface area contributed by atoms with Gasteiger partial charge in [0.05, 0.1) is 18.7 Å². The first kappa shape index (κ1) is 19.4. The Morgan fingerprint density at radius 1 is 1.22 bits per heavy atom. The van der Waals surface area contributed by atoms with E-state index in [1.165, 1.54) is 0 Å². The second-order valence-electron chi connectivity index (χ2n) is 7.86. The largest absolute Gasteiger partial charge is 0.361 e. The minimum atomic E-state index is -0.457. The first-order chi connectivity index (χ1) is 12.8. The lowest BCUT2D eigenvalue weighted by Crippen LogP contribution is -2.60. The summed E-state index contributed by atoms with van der Waals surface area (Å²) < 4.78 is 5.13. The number of fused-ring (bicyclic) bond motifs is 1. The van der Waals surface area contributed by atoms with Crippen LogP contribution >= 0.6 is 0 Å². The molecule has 0 radical (unpaired) electrons. The predicted octanol–water partition coefficient (Wildman–Crippen LogP) is 0.762. The lowest BCUT2D eigenvalue weighted by atomic mass is 10.1. The molecule has 1 aromatic heterocycles. The standard InChI is InChI=1S/C19H28N4O4/c1-12(2)10-22-11-18(25)23-8-7-21(6-5-16(23)19(22)26)17(24)9-15-13(3)20-27-14(15)4/h12,16H,5-11H2,1-4H3. The molecule has 2 fully saturated rings. The van der Waals surface area contributed by atoms with Crippen molar-refractivity contribution in [3.05, 3.63) is 17.0 Å². The van der Waals surface area contributed by atoms with Gasteiger partial charge in [0.1, 0.15) is 11.8 Å². The van der Waals surface area contributed by atoms with Crippen molar-refractivity contribution in [1.29, 1.82) is 0 Å². The molecule has 148 valence electrons. The summed E-state index contributed by atoms with van der Waals surface area (Å²) in [5.74, 6) is 0.918. The number of amides is 3. The maximum Gasteiger partial charge on any atom is 0.245 e. The molecule has 0 saturated carbocycles. The van der Waals surface area contributed by atoms with E-state index in [0.29, 0.717) is 44.3 Å². The Labute approximate surface area is 159 Å². The highest BCUT2D eigenvalue weighted by Crippen LogP contribution is 2.21. The van der Waals surface area contributed by atoms with Crippen LogP contribution in [0.2, 0.25) is 0 Å². The zero-order chi connectivity index (χ0) is 19.7. The zero-order valence-electron chi connectivity index (χ0n) is 16.5. The van der Waals surface area contributed by atoms with E-state index in [2.05, 4.69) is 5.16 Å². The number of carbonyl (C=O) groups is 3. The van der Waals surface area contributed by atoms with Crippen LogP contribution < -0.4 is 0 Å². The number of aryl methyl sites for hydroxylation is 2. The quantitative estimate of drug-likeness (QED) is 0.774. The third kappa shape index (κ3) is 3.99. The molecule has 8 nitrogen and oxygen atoms in total. The average Bonchev–Trinajstić information content (AvgIpc) is 2.82. The van der Waals surface area contributed by atoms with E-state index in [1.807, 2.05) is 20.8 Å². The van der Waals surface area contributed by atoms with Gasteiger partial charge in [0.2, 0.25) is 17.7 Å². The van der Waals surface area contributed by atoms with Gasteiger partial charge >= 0.3 is 0 Å². The van der Waals surface area contributed by atoms with E-state index >= 15 is 0 Å². The maximum absolute atomic E-state index is 12.8. The molecule has 0 aromatic carbocycles. The molecule has 2 saturated heterocycles. The number of aromatic nitrogens is 1. The van der Waals surface area contributed by atoms with E-state index < -0.39 is 6.04 Å². The summed E-state index contributed by atoms with van der Waals surface area (Å²) in [7, 11) is 0. The van der Waals surface area contributed by atoms with Gasteiger partial charge in [-0.25, -0.2) is 0 Å². The van der Waals surface area contributed by atoms with Gasteiger partial charge < -0.3 is 19.2 Å². The van der Waals surface area contributed by atoms with Crippen LogP contribution in [0.3, 0.4) is 0 Å². The Hall–Kier alpha value is -2.38. The van der Waals surface area contributed by atoms with Crippen molar-refractivity contribution in [2.45, 2.75) is 46.6 Å². The highest BCUT2D eigenvalue weighted by atomic mass is 16.5. The molecule has 3 amide bonds. The van der Waals surface area contributed by atoms with Crippen molar-refractivity contribution in [3.63, 3.8) is 0 Å². The smallest absolute Gasteiger partial charge is 0.245 e. The summed E-state index contributed by atoms with van der Waals surface area (Å²) in [5.41, 5.74) is 1.54. The van der Waals surface area contributed by atoms with E-state index in [-0.39, 0.29) is 30.7 Å². The molecule has 3 rings (SSSR count). The van der Waals surface area contributed by atoms with E-state index in [0.717, 1.165) is 11.3 Å². The lowest BCUT2D eigenvalue weighted by Gasteiger charge is -2.39. The molecule has 1 aromatic rings. The molecule has 1 atom stereocenters. The molecule has 0 N–H and O–H groups in total. The minimum Gasteiger partial charge on any atom is -0.361 e. The van der Waals surface area contributed by atoms with Gasteiger partial charge in [-0.15, -0.1) is 0 Å². The number of carbonyl (C=O) groups excluding carboxylic acids is 3. The van der Waals surface area contributed by atoms with Gasteiger partial charge in [0.25, 0.3) is 0 Å². The summed E-state index contributed by atoms with van der Waals surface area (Å²) in [4.78, 5) is 43.2. The molecule has 8 heteroatoms. The van der Waals surface area contributed by atoms with Crippen LogP contribution in [0.25, 0.3) is 0 Å². The van der Waals surface area contributed by atoms with Crippen LogP contribution in [-0.2, 0) is 20.8 Å². The maximum atomic E-state index is 12.8. The van der Waals surface area contributed by atoms with Crippen molar-refractivity contribution in [2.24, 2.45) is 5.92 Å². The molecule has 0 aliphatic carbocycles. The topological polar surface area (TPSA) is 87.0 Å². The molecular formula is C19H28N4O4. The van der Waals surface area contributed by atoms with Gasteiger partial charge in [0.15, 0.2) is 0 Å². The summed E-state index contributed by atoms with van der Waals surface area (Å²) >= 11 is 0. The summed E-state index contributed by atoms with van der Waals surface area (Å²) in [6.45, 7) is 9.73. The number of hydrogen-bond donors (Lipinski definition) is 0. The zero-order valence-corrected chi connectivity index (χ0v) is 16.5. The van der Waals surface area contributed by atoms with Gasteiger partial charge in [-0.1, -0.05) is 19.0 Å². The van der Waals surface area contributed by atoms with Crippen LogP contribution in [0.4, 0.5) is 0 Å². The molecule has 0 bridgehead atoms. The van der Waals surface area contributed by atoms with Crippen molar-refractivity contribution < 1.29 is 18.9 Å². The van der Waals surface area contributed by atoms with Crippen molar-refractivity contribution in [1.82, 2.24) is 19.9 Å². The van der Waals surface area contributed by atoms with Gasteiger partial charge in [0, 0.05) is 31.7 Å². The van der Waals surface area contributed by atoms with Crippen molar-refractivity contribution >= 4 is 17.7 Å². The first-order valence-corrected chi connectivity index (χ1v) is 9.55. The van der Waals surface area contributed by atoms with Crippen molar-refractivity contribution in [2.75, 3.05) is 32.7 Å². The highest BCUT2D eigenvalue weighted by Gasteiger charge is 2.41. The van der Waals surface area contributed by atoms with Crippen LogP contribution in [0.15, 0.2) is 4.52 Å². The molecular weight excluding hydrogens is 348 g/mol. The van der Waals surface area contributed by atoms with E-state index in [9.17, 15) is 14.4 Å². The third-order valence-electron chi connectivity index (χ3n) is 5.35.